The van der Waals surface area contributed by atoms with Crippen LogP contribution < -0.4 is 4.72 Å². The lowest BCUT2D eigenvalue weighted by Crippen LogP contribution is -2.15. The third-order valence-corrected chi connectivity index (χ3v) is 5.03. The molecule has 1 N–H and O–H groups in total. The minimum absolute atomic E-state index is 0.0930. The SMILES string of the molecule is Cc1ccc(CS(=O)(=O)Nc2ccc(Cl)c3cccnc23)cc1. The van der Waals surface area contributed by atoms with Crippen LogP contribution in [0.15, 0.2) is 54.7 Å². The number of anilines is 1. The Morgan fingerprint density at radius 2 is 1.83 bits per heavy atom. The van der Waals surface area contributed by atoms with Crippen molar-refractivity contribution in [3.63, 3.8) is 0 Å². The average molecular weight is 347 g/mol. The number of hydrogen-bond donors (Lipinski definition) is 1. The molecule has 0 atom stereocenters. The lowest BCUT2D eigenvalue weighted by Gasteiger charge is -2.11. The molecule has 2 aromatic carbocycles. The van der Waals surface area contributed by atoms with Gasteiger partial charge >= 0.3 is 0 Å². The molecule has 0 aliphatic carbocycles. The van der Waals surface area contributed by atoms with Gasteiger partial charge in [-0.2, -0.15) is 0 Å². The zero-order chi connectivity index (χ0) is 16.4. The van der Waals surface area contributed by atoms with E-state index in [2.05, 4.69) is 9.71 Å². The summed E-state index contributed by atoms with van der Waals surface area (Å²) in [5, 5.41) is 1.25. The van der Waals surface area contributed by atoms with E-state index in [1.54, 1.807) is 24.4 Å². The van der Waals surface area contributed by atoms with Crippen LogP contribution in [-0.2, 0) is 15.8 Å². The summed E-state index contributed by atoms with van der Waals surface area (Å²) < 4.78 is 27.4. The number of hydrogen-bond acceptors (Lipinski definition) is 3. The first-order valence-electron chi connectivity index (χ1n) is 7.04. The number of nitrogens with one attached hydrogen (secondary N) is 1. The number of benzene rings is 2. The highest BCUT2D eigenvalue weighted by Crippen LogP contribution is 2.28. The quantitative estimate of drug-likeness (QED) is 0.772. The second kappa shape index (κ2) is 6.18. The number of rotatable bonds is 4. The van der Waals surface area contributed by atoms with Crippen LogP contribution in [0.2, 0.25) is 5.02 Å². The average Bonchev–Trinajstić information content (AvgIpc) is 2.52. The van der Waals surface area contributed by atoms with Crippen molar-refractivity contribution in [3.8, 4) is 0 Å². The number of pyridine rings is 1. The standard InChI is InChI=1S/C17H15ClN2O2S/c1-12-4-6-13(7-5-12)11-23(21,22)20-16-9-8-15(18)14-3-2-10-19-17(14)16/h2-10,20H,11H2,1H3. The van der Waals surface area contributed by atoms with Crippen LogP contribution in [0.5, 0.6) is 0 Å². The molecule has 118 valence electrons. The first kappa shape index (κ1) is 15.8. The molecule has 0 unspecified atom stereocenters. The first-order valence-corrected chi connectivity index (χ1v) is 9.07. The van der Waals surface area contributed by atoms with Gasteiger partial charge in [-0.1, -0.05) is 41.4 Å². The number of aromatic nitrogens is 1. The summed E-state index contributed by atoms with van der Waals surface area (Å²) in [5.41, 5.74) is 2.78. The highest BCUT2D eigenvalue weighted by molar-refractivity contribution is 7.91. The monoisotopic (exact) mass is 346 g/mol. The van der Waals surface area contributed by atoms with Crippen molar-refractivity contribution in [3.05, 3.63) is 70.9 Å². The molecular weight excluding hydrogens is 332 g/mol. The van der Waals surface area contributed by atoms with Gasteiger partial charge < -0.3 is 0 Å². The Morgan fingerprint density at radius 1 is 1.09 bits per heavy atom. The van der Waals surface area contributed by atoms with Gasteiger partial charge in [0.2, 0.25) is 10.0 Å². The van der Waals surface area contributed by atoms with Crippen LogP contribution >= 0.6 is 11.6 Å². The van der Waals surface area contributed by atoms with Gasteiger partial charge in [0.05, 0.1) is 22.0 Å². The molecule has 0 aliphatic rings. The van der Waals surface area contributed by atoms with Crippen LogP contribution in [-0.4, -0.2) is 13.4 Å². The molecule has 0 amide bonds. The molecule has 0 bridgehead atoms. The summed E-state index contributed by atoms with van der Waals surface area (Å²) in [6, 6.07) is 14.3. The van der Waals surface area contributed by atoms with Gasteiger partial charge in [0.1, 0.15) is 0 Å². The van der Waals surface area contributed by atoms with E-state index in [4.69, 9.17) is 11.6 Å². The second-order valence-corrected chi connectivity index (χ2v) is 7.47. The number of nitrogens with zero attached hydrogens (tertiary/aromatic N) is 1. The Balaban J connectivity index is 1.92. The van der Waals surface area contributed by atoms with E-state index in [-0.39, 0.29) is 5.75 Å². The van der Waals surface area contributed by atoms with E-state index in [1.165, 1.54) is 0 Å². The van der Waals surface area contributed by atoms with Crippen molar-refractivity contribution >= 4 is 38.2 Å². The maximum atomic E-state index is 12.4. The Hall–Kier alpha value is -2.11. The number of fused-ring (bicyclic) bond motifs is 1. The van der Waals surface area contributed by atoms with E-state index >= 15 is 0 Å². The predicted molar refractivity (Wildman–Crippen MR) is 94.2 cm³/mol. The summed E-state index contributed by atoms with van der Waals surface area (Å²) in [4.78, 5) is 4.23. The van der Waals surface area contributed by atoms with Crippen molar-refractivity contribution in [2.24, 2.45) is 0 Å². The summed E-state index contributed by atoms with van der Waals surface area (Å²) in [7, 11) is -3.54. The van der Waals surface area contributed by atoms with Gasteiger partial charge in [-0.15, -0.1) is 0 Å². The lowest BCUT2D eigenvalue weighted by atomic mass is 10.2. The van der Waals surface area contributed by atoms with Crippen LogP contribution in [0.3, 0.4) is 0 Å². The molecule has 4 nitrogen and oxygen atoms in total. The summed E-state index contributed by atoms with van der Waals surface area (Å²) in [5.74, 6) is -0.0930. The van der Waals surface area contributed by atoms with Crippen LogP contribution in [0.1, 0.15) is 11.1 Å². The van der Waals surface area contributed by atoms with Crippen molar-refractivity contribution in [1.82, 2.24) is 4.98 Å². The number of sulfonamides is 1. The van der Waals surface area contributed by atoms with Gasteiger partial charge in [-0.25, -0.2) is 8.42 Å². The largest absolute Gasteiger partial charge is 0.281 e. The maximum Gasteiger partial charge on any atom is 0.236 e. The highest BCUT2D eigenvalue weighted by atomic mass is 35.5. The molecular formula is C17H15ClN2O2S. The molecule has 1 heterocycles. The number of aryl methyl sites for hydroxylation is 1. The minimum Gasteiger partial charge on any atom is -0.281 e. The Kier molecular flexibility index (Phi) is 4.24. The third kappa shape index (κ3) is 3.63. The Morgan fingerprint density at radius 3 is 2.57 bits per heavy atom. The van der Waals surface area contributed by atoms with Crippen molar-refractivity contribution in [2.45, 2.75) is 12.7 Å². The summed E-state index contributed by atoms with van der Waals surface area (Å²) in [6.45, 7) is 1.96. The maximum absolute atomic E-state index is 12.4. The molecule has 23 heavy (non-hydrogen) atoms. The molecule has 0 spiro atoms. The smallest absolute Gasteiger partial charge is 0.236 e. The van der Waals surface area contributed by atoms with E-state index in [0.717, 1.165) is 11.1 Å². The Bertz CT molecular complexity index is 954. The van der Waals surface area contributed by atoms with Crippen LogP contribution in [0, 0.1) is 6.92 Å². The van der Waals surface area contributed by atoms with Crippen LogP contribution in [0.4, 0.5) is 5.69 Å². The molecule has 3 aromatic rings. The summed E-state index contributed by atoms with van der Waals surface area (Å²) >= 11 is 6.13. The third-order valence-electron chi connectivity index (χ3n) is 3.46. The fourth-order valence-electron chi connectivity index (χ4n) is 2.33. The molecule has 0 aliphatic heterocycles. The van der Waals surface area contributed by atoms with Gasteiger partial charge in [-0.3, -0.25) is 9.71 Å². The fraction of sp³-hybridized carbons (Fsp3) is 0.118. The van der Waals surface area contributed by atoms with Gasteiger partial charge in [-0.05, 0) is 36.8 Å². The van der Waals surface area contributed by atoms with Gasteiger partial charge in [0, 0.05) is 11.6 Å². The zero-order valence-corrected chi connectivity index (χ0v) is 14.0. The molecule has 3 rings (SSSR count). The number of halogens is 1. The lowest BCUT2D eigenvalue weighted by molar-refractivity contribution is 0.600. The topological polar surface area (TPSA) is 59.1 Å². The first-order chi connectivity index (χ1) is 10.9. The molecule has 1 aromatic heterocycles. The van der Waals surface area contributed by atoms with Crippen molar-refractivity contribution in [1.29, 1.82) is 0 Å². The van der Waals surface area contributed by atoms with Gasteiger partial charge in [0.15, 0.2) is 0 Å². The molecule has 0 saturated heterocycles. The molecule has 0 radical (unpaired) electrons. The molecule has 0 fully saturated rings. The zero-order valence-electron chi connectivity index (χ0n) is 12.5. The normalized spacial score (nSPS) is 11.6. The van der Waals surface area contributed by atoms with E-state index in [9.17, 15) is 8.42 Å². The summed E-state index contributed by atoms with van der Waals surface area (Å²) in [6.07, 6.45) is 1.61. The Labute approximate surface area is 140 Å². The van der Waals surface area contributed by atoms with Crippen molar-refractivity contribution < 1.29 is 8.42 Å². The predicted octanol–water partition coefficient (Wildman–Crippen LogP) is 4.14. The van der Waals surface area contributed by atoms with E-state index < -0.39 is 10.0 Å². The van der Waals surface area contributed by atoms with Crippen molar-refractivity contribution in [2.75, 3.05) is 4.72 Å². The van der Waals surface area contributed by atoms with Gasteiger partial charge in [0.25, 0.3) is 0 Å². The van der Waals surface area contributed by atoms with Crippen LogP contribution in [0.25, 0.3) is 10.9 Å². The highest BCUT2D eigenvalue weighted by Gasteiger charge is 2.15. The van der Waals surface area contributed by atoms with E-state index in [0.29, 0.717) is 21.6 Å². The fourth-order valence-corrected chi connectivity index (χ4v) is 3.75. The second-order valence-electron chi connectivity index (χ2n) is 5.34. The molecule has 0 saturated carbocycles. The minimum atomic E-state index is -3.54. The molecule has 6 heteroatoms. The van der Waals surface area contributed by atoms with E-state index in [1.807, 2.05) is 37.3 Å².